The molecular weight excluding hydrogens is 458 g/mol. The van der Waals surface area contributed by atoms with Gasteiger partial charge in [0.05, 0.1) is 18.0 Å². The van der Waals surface area contributed by atoms with E-state index in [4.69, 9.17) is 16.6 Å². The lowest BCUT2D eigenvalue weighted by atomic mass is 9.95. The number of halogens is 1. The van der Waals surface area contributed by atoms with Gasteiger partial charge in [-0.25, -0.2) is 8.42 Å². The highest BCUT2D eigenvalue weighted by Crippen LogP contribution is 2.40. The first kappa shape index (κ1) is 23.2. The zero-order valence-corrected chi connectivity index (χ0v) is 21.5. The van der Waals surface area contributed by atoms with Gasteiger partial charge in [-0.15, -0.1) is 5.54 Å². The molecule has 1 atom stereocenters. The van der Waals surface area contributed by atoms with E-state index in [1.165, 1.54) is 6.26 Å². The lowest BCUT2D eigenvalue weighted by Gasteiger charge is -2.38. The number of piperazine rings is 1. The normalized spacial score (nSPS) is 19.8. The molecule has 1 aliphatic heterocycles. The van der Waals surface area contributed by atoms with Crippen molar-refractivity contribution in [3.05, 3.63) is 63.9 Å². The summed E-state index contributed by atoms with van der Waals surface area (Å²) in [6.07, 6.45) is 5.22. The monoisotopic (exact) mass is 485 g/mol. The number of rotatable bonds is 2. The van der Waals surface area contributed by atoms with Crippen LogP contribution in [0.2, 0.25) is 24.7 Å². The van der Waals surface area contributed by atoms with Crippen molar-refractivity contribution < 1.29 is 8.42 Å². The predicted octanol–water partition coefficient (Wildman–Crippen LogP) is 4.14. The summed E-state index contributed by atoms with van der Waals surface area (Å²) in [6.45, 7) is 8.90. The van der Waals surface area contributed by atoms with Crippen LogP contribution in [0.5, 0.6) is 0 Å². The molecule has 0 radical (unpaired) electrons. The maximum absolute atomic E-state index is 12.0. The molecule has 1 saturated heterocycles. The van der Waals surface area contributed by atoms with Crippen molar-refractivity contribution >= 4 is 41.3 Å². The highest BCUT2D eigenvalue weighted by atomic mass is 35.5. The van der Waals surface area contributed by atoms with Gasteiger partial charge in [0, 0.05) is 48.5 Å². The summed E-state index contributed by atoms with van der Waals surface area (Å²) in [4.78, 5) is 7.14. The third kappa shape index (κ3) is 5.00. The second-order valence-electron chi connectivity index (χ2n) is 9.37. The Bertz CT molecular complexity index is 1230. The minimum atomic E-state index is -3.20. The molecule has 1 aromatic heterocycles. The molecule has 1 fully saturated rings. The number of hydrogen-bond acceptors (Lipinski definition) is 4. The SMILES string of the molecule is C[Si](C)(C)C#CC1=Cc2cc(Cl)ccc2C(N2CCN(S(C)(=O)=O)CC2)c2ncccc21. The van der Waals surface area contributed by atoms with Crippen LogP contribution in [-0.4, -0.2) is 63.1 Å². The molecule has 0 saturated carbocycles. The van der Waals surface area contributed by atoms with Crippen molar-refractivity contribution in [2.45, 2.75) is 25.7 Å². The summed E-state index contributed by atoms with van der Waals surface area (Å²) in [7, 11) is -4.77. The molecule has 168 valence electrons. The molecule has 1 aromatic carbocycles. The molecule has 2 heterocycles. The van der Waals surface area contributed by atoms with Crippen molar-refractivity contribution in [2.75, 3.05) is 32.4 Å². The minimum absolute atomic E-state index is 0.0948. The number of pyridine rings is 1. The zero-order valence-electron chi connectivity index (χ0n) is 18.9. The first-order chi connectivity index (χ1) is 15.0. The standard InChI is InChI=1S/C24H28ClN3O2SSi/c1-31(29,30)28-13-11-27(12-14-28)24-22-8-7-20(25)17-19(22)16-18(9-15-32(2,3)4)21-6-5-10-26-23(21)24/h5-8,10,16-17,24H,11-14H2,1-4H3. The number of hydrogen-bond donors (Lipinski definition) is 0. The van der Waals surface area contributed by atoms with Crippen molar-refractivity contribution in [3.63, 3.8) is 0 Å². The van der Waals surface area contributed by atoms with E-state index in [1.807, 2.05) is 24.4 Å². The first-order valence-electron chi connectivity index (χ1n) is 10.7. The Kier molecular flexibility index (Phi) is 6.36. The van der Waals surface area contributed by atoms with Crippen LogP contribution in [0, 0.1) is 11.5 Å². The summed E-state index contributed by atoms with van der Waals surface area (Å²) in [6, 6.07) is 9.90. The highest BCUT2D eigenvalue weighted by Gasteiger charge is 2.34. The average Bonchev–Trinajstić information content (AvgIpc) is 2.85. The molecule has 0 bridgehead atoms. The second kappa shape index (κ2) is 8.77. The maximum Gasteiger partial charge on any atom is 0.211 e. The van der Waals surface area contributed by atoms with E-state index in [9.17, 15) is 8.42 Å². The molecule has 1 aliphatic carbocycles. The molecule has 2 aromatic rings. The molecule has 0 amide bonds. The molecule has 8 heteroatoms. The van der Waals surface area contributed by atoms with Crippen LogP contribution < -0.4 is 0 Å². The Hall–Kier alpha value is -1.95. The fraction of sp³-hybridized carbons (Fsp3) is 0.375. The van der Waals surface area contributed by atoms with Gasteiger partial charge in [-0.1, -0.05) is 49.3 Å². The van der Waals surface area contributed by atoms with Crippen LogP contribution >= 0.6 is 11.6 Å². The van der Waals surface area contributed by atoms with Gasteiger partial charge in [-0.2, -0.15) is 4.31 Å². The van der Waals surface area contributed by atoms with Crippen LogP contribution in [0.1, 0.15) is 28.4 Å². The number of allylic oxidation sites excluding steroid dienone is 1. The first-order valence-corrected chi connectivity index (χ1v) is 16.4. The number of nitrogens with zero attached hydrogens (tertiary/aromatic N) is 3. The minimum Gasteiger partial charge on any atom is -0.288 e. The van der Waals surface area contributed by atoms with Crippen LogP contribution in [-0.2, 0) is 10.0 Å². The van der Waals surface area contributed by atoms with E-state index in [-0.39, 0.29) is 6.04 Å². The highest BCUT2D eigenvalue weighted by molar-refractivity contribution is 7.88. The van der Waals surface area contributed by atoms with Gasteiger partial charge in [0.1, 0.15) is 8.07 Å². The Morgan fingerprint density at radius 3 is 2.50 bits per heavy atom. The van der Waals surface area contributed by atoms with Gasteiger partial charge in [0.15, 0.2) is 0 Å². The quantitative estimate of drug-likeness (QED) is 0.474. The van der Waals surface area contributed by atoms with E-state index in [0.717, 1.165) is 28.0 Å². The number of sulfonamides is 1. The number of aromatic nitrogens is 1. The third-order valence-electron chi connectivity index (χ3n) is 5.71. The largest absolute Gasteiger partial charge is 0.288 e. The lowest BCUT2D eigenvalue weighted by Crippen LogP contribution is -2.49. The van der Waals surface area contributed by atoms with Gasteiger partial charge in [-0.3, -0.25) is 9.88 Å². The van der Waals surface area contributed by atoms with Gasteiger partial charge >= 0.3 is 0 Å². The van der Waals surface area contributed by atoms with Crippen molar-refractivity contribution in [1.82, 2.24) is 14.2 Å². The van der Waals surface area contributed by atoms with Gasteiger partial charge < -0.3 is 0 Å². The van der Waals surface area contributed by atoms with Crippen molar-refractivity contribution in [3.8, 4) is 11.5 Å². The van der Waals surface area contributed by atoms with Crippen LogP contribution in [0.15, 0.2) is 36.5 Å². The molecule has 4 rings (SSSR count). The summed E-state index contributed by atoms with van der Waals surface area (Å²) < 4.78 is 25.6. The van der Waals surface area contributed by atoms with Gasteiger partial charge in [0.2, 0.25) is 10.0 Å². The van der Waals surface area contributed by atoms with E-state index in [2.05, 4.69) is 54.2 Å². The van der Waals surface area contributed by atoms with Crippen molar-refractivity contribution in [1.29, 1.82) is 0 Å². The van der Waals surface area contributed by atoms with E-state index in [1.54, 1.807) is 4.31 Å². The molecule has 2 aliphatic rings. The van der Waals surface area contributed by atoms with Crippen LogP contribution in [0.25, 0.3) is 11.6 Å². The van der Waals surface area contributed by atoms with E-state index >= 15 is 0 Å². The lowest BCUT2D eigenvalue weighted by molar-refractivity contribution is 0.154. The van der Waals surface area contributed by atoms with Crippen molar-refractivity contribution in [2.24, 2.45) is 0 Å². The molecular formula is C24H28ClN3O2SSi. The fourth-order valence-electron chi connectivity index (χ4n) is 4.18. The molecule has 32 heavy (non-hydrogen) atoms. The van der Waals surface area contributed by atoms with Crippen LogP contribution in [0.4, 0.5) is 0 Å². The number of benzene rings is 1. The van der Waals surface area contributed by atoms with Gasteiger partial charge in [-0.05, 0) is 35.4 Å². The number of fused-ring (bicyclic) bond motifs is 2. The third-order valence-corrected chi connectivity index (χ3v) is 8.12. The molecule has 0 spiro atoms. The molecule has 0 N–H and O–H groups in total. The Morgan fingerprint density at radius 1 is 1.12 bits per heavy atom. The van der Waals surface area contributed by atoms with Crippen LogP contribution in [0.3, 0.4) is 0 Å². The summed E-state index contributed by atoms with van der Waals surface area (Å²) in [5, 5.41) is 0.678. The Morgan fingerprint density at radius 2 is 1.84 bits per heavy atom. The molecule has 1 unspecified atom stereocenters. The Balaban J connectivity index is 1.84. The summed E-state index contributed by atoms with van der Waals surface area (Å²) in [5.41, 5.74) is 8.59. The fourth-order valence-corrected chi connectivity index (χ4v) is 5.70. The molecule has 5 nitrogen and oxygen atoms in total. The zero-order chi connectivity index (χ0) is 23.1. The predicted molar refractivity (Wildman–Crippen MR) is 135 cm³/mol. The van der Waals surface area contributed by atoms with Gasteiger partial charge in [0.25, 0.3) is 0 Å². The smallest absolute Gasteiger partial charge is 0.211 e. The average molecular weight is 486 g/mol. The summed E-state index contributed by atoms with van der Waals surface area (Å²) >= 11 is 6.38. The summed E-state index contributed by atoms with van der Waals surface area (Å²) in [5.74, 6) is 3.45. The Labute approximate surface area is 197 Å². The van der Waals surface area contributed by atoms with E-state index in [0.29, 0.717) is 31.2 Å². The van der Waals surface area contributed by atoms with E-state index < -0.39 is 18.1 Å². The maximum atomic E-state index is 12.0. The topological polar surface area (TPSA) is 53.5 Å². The second-order valence-corrected chi connectivity index (χ2v) is 16.5.